The van der Waals surface area contributed by atoms with Crippen LogP contribution in [0.4, 0.5) is 4.79 Å². The number of hydrogen-bond acceptors (Lipinski definition) is 4. The Morgan fingerprint density at radius 1 is 1.55 bits per heavy atom. The van der Waals surface area contributed by atoms with E-state index in [-0.39, 0.29) is 0 Å². The molecule has 0 aromatic carbocycles. The quantitative estimate of drug-likeness (QED) is 0.578. The van der Waals surface area contributed by atoms with Crippen LogP contribution in [0, 0.1) is 0 Å². The zero-order chi connectivity index (χ0) is 8.85. The molecule has 0 heterocycles. The third kappa shape index (κ3) is 4.15. The van der Waals surface area contributed by atoms with Crippen molar-refractivity contribution in [1.29, 1.82) is 0 Å². The largest absolute Gasteiger partial charge is 0.479 e. The fraction of sp³-hybridized carbons (Fsp3) is 0.600. The summed E-state index contributed by atoms with van der Waals surface area (Å²) in [6.45, 7) is -0.660. The molecule has 1 N–H and O–H groups in total. The molecule has 0 atom stereocenters. The molecule has 0 spiro atoms. The third-order valence-corrected chi connectivity index (χ3v) is 0.850. The average Bonchev–Trinajstić information content (AvgIpc) is 1.98. The van der Waals surface area contributed by atoms with Crippen molar-refractivity contribution < 1.29 is 24.3 Å². The predicted molar refractivity (Wildman–Crippen MR) is 33.8 cm³/mol. The van der Waals surface area contributed by atoms with E-state index in [4.69, 9.17) is 5.11 Å². The minimum atomic E-state index is -1.21. The fourth-order valence-electron chi connectivity index (χ4n) is 0.289. The summed E-state index contributed by atoms with van der Waals surface area (Å²) in [7, 11) is 2.58. The van der Waals surface area contributed by atoms with Crippen LogP contribution in [-0.4, -0.2) is 43.0 Å². The van der Waals surface area contributed by atoms with Gasteiger partial charge in [0.05, 0.1) is 7.11 Å². The van der Waals surface area contributed by atoms with Crippen molar-refractivity contribution in [2.45, 2.75) is 0 Å². The molecule has 6 heteroatoms. The van der Waals surface area contributed by atoms with Crippen LogP contribution in [0.2, 0.25) is 0 Å². The van der Waals surface area contributed by atoms with E-state index in [0.717, 1.165) is 5.06 Å². The Morgan fingerprint density at radius 3 is 2.45 bits per heavy atom. The number of carboxylic acid groups (broad SMARTS) is 1. The van der Waals surface area contributed by atoms with Crippen LogP contribution in [0.1, 0.15) is 0 Å². The normalized spacial score (nSPS) is 8.91. The monoisotopic (exact) mass is 163 g/mol. The molecule has 0 rings (SSSR count). The summed E-state index contributed by atoms with van der Waals surface area (Å²) in [5.74, 6) is -1.21. The lowest BCUT2D eigenvalue weighted by Crippen LogP contribution is -2.28. The van der Waals surface area contributed by atoms with Gasteiger partial charge in [0.2, 0.25) is 0 Å². The highest BCUT2D eigenvalue weighted by molar-refractivity contribution is 5.73. The number of carbonyl (C=O) groups is 2. The number of rotatable bonds is 3. The van der Waals surface area contributed by atoms with Gasteiger partial charge in [0.15, 0.2) is 6.61 Å². The van der Waals surface area contributed by atoms with E-state index < -0.39 is 18.7 Å². The number of carbonyl (C=O) groups excluding carboxylic acids is 1. The molecule has 6 nitrogen and oxygen atoms in total. The first-order chi connectivity index (χ1) is 5.07. The number of nitrogens with zero attached hydrogens (tertiary/aromatic N) is 1. The summed E-state index contributed by atoms with van der Waals surface area (Å²) in [5, 5.41) is 8.86. The Labute approximate surface area is 63.3 Å². The van der Waals surface area contributed by atoms with Gasteiger partial charge in [-0.2, -0.15) is 5.06 Å². The molecule has 0 aliphatic heterocycles. The van der Waals surface area contributed by atoms with Crippen molar-refractivity contribution in [2.75, 3.05) is 20.8 Å². The highest BCUT2D eigenvalue weighted by Crippen LogP contribution is 1.88. The molecule has 64 valence electrons. The van der Waals surface area contributed by atoms with Gasteiger partial charge in [-0.15, -0.1) is 0 Å². The molecule has 0 aliphatic carbocycles. The van der Waals surface area contributed by atoms with E-state index in [2.05, 4.69) is 9.57 Å². The van der Waals surface area contributed by atoms with E-state index in [0.29, 0.717) is 0 Å². The summed E-state index contributed by atoms with van der Waals surface area (Å²) in [4.78, 5) is 24.9. The standard InChI is InChI=1S/C5H9NO5/c1-6(10-2)5(9)11-3-4(7)8/h3H2,1-2H3,(H,7,8). The number of hydrogen-bond donors (Lipinski definition) is 1. The summed E-state index contributed by atoms with van der Waals surface area (Å²) < 4.78 is 4.22. The Morgan fingerprint density at radius 2 is 2.09 bits per heavy atom. The van der Waals surface area contributed by atoms with Crippen LogP contribution in [-0.2, 0) is 14.4 Å². The summed E-state index contributed by atoms with van der Waals surface area (Å²) in [5.41, 5.74) is 0. The fourth-order valence-corrected chi connectivity index (χ4v) is 0.289. The molecule has 0 saturated heterocycles. The first-order valence-corrected chi connectivity index (χ1v) is 2.74. The molecule has 0 aromatic rings. The van der Waals surface area contributed by atoms with Crippen molar-refractivity contribution in [3.05, 3.63) is 0 Å². The molecule has 0 fully saturated rings. The van der Waals surface area contributed by atoms with Crippen LogP contribution >= 0.6 is 0 Å². The van der Waals surface area contributed by atoms with Crippen molar-refractivity contribution in [3.63, 3.8) is 0 Å². The average molecular weight is 163 g/mol. The molecule has 0 radical (unpaired) electrons. The van der Waals surface area contributed by atoms with Gasteiger partial charge in [-0.25, -0.2) is 9.59 Å². The second-order valence-electron chi connectivity index (χ2n) is 1.63. The number of carboxylic acids is 1. The van der Waals surface area contributed by atoms with Gasteiger partial charge in [0.25, 0.3) is 0 Å². The van der Waals surface area contributed by atoms with Gasteiger partial charge >= 0.3 is 12.1 Å². The van der Waals surface area contributed by atoms with Gasteiger partial charge in [0, 0.05) is 7.05 Å². The zero-order valence-corrected chi connectivity index (χ0v) is 6.23. The van der Waals surface area contributed by atoms with E-state index in [1.807, 2.05) is 0 Å². The molecule has 0 bridgehead atoms. The highest BCUT2D eigenvalue weighted by atomic mass is 16.7. The maximum absolute atomic E-state index is 10.6. The van der Waals surface area contributed by atoms with E-state index >= 15 is 0 Å². The topological polar surface area (TPSA) is 76.1 Å². The van der Waals surface area contributed by atoms with Crippen LogP contribution in [0.25, 0.3) is 0 Å². The van der Waals surface area contributed by atoms with Gasteiger partial charge in [-0.3, -0.25) is 4.84 Å². The van der Waals surface area contributed by atoms with Crippen LogP contribution in [0.5, 0.6) is 0 Å². The van der Waals surface area contributed by atoms with Crippen molar-refractivity contribution in [1.82, 2.24) is 5.06 Å². The predicted octanol–water partition coefficient (Wildman–Crippen LogP) is -0.299. The maximum atomic E-state index is 10.6. The lowest BCUT2D eigenvalue weighted by Gasteiger charge is -2.11. The SMILES string of the molecule is CON(C)C(=O)OCC(=O)O. The zero-order valence-electron chi connectivity index (χ0n) is 6.23. The third-order valence-electron chi connectivity index (χ3n) is 0.850. The van der Waals surface area contributed by atoms with Crippen LogP contribution in [0.15, 0.2) is 0 Å². The minimum absolute atomic E-state index is 0.660. The van der Waals surface area contributed by atoms with E-state index in [1.54, 1.807) is 0 Å². The molecular formula is C5H9NO5. The van der Waals surface area contributed by atoms with Gasteiger partial charge < -0.3 is 9.84 Å². The van der Waals surface area contributed by atoms with Gasteiger partial charge in [-0.05, 0) is 0 Å². The summed E-state index contributed by atoms with van der Waals surface area (Å²) in [6, 6.07) is 0. The van der Waals surface area contributed by atoms with Crippen LogP contribution in [0.3, 0.4) is 0 Å². The maximum Gasteiger partial charge on any atom is 0.434 e. The summed E-state index contributed by atoms with van der Waals surface area (Å²) >= 11 is 0. The molecular weight excluding hydrogens is 154 g/mol. The molecule has 0 aliphatic rings. The molecule has 0 aromatic heterocycles. The number of hydroxylamine groups is 2. The van der Waals surface area contributed by atoms with Gasteiger partial charge in [-0.1, -0.05) is 0 Å². The van der Waals surface area contributed by atoms with E-state index in [9.17, 15) is 9.59 Å². The number of aliphatic carboxylic acids is 1. The Balaban J connectivity index is 3.60. The first kappa shape index (κ1) is 9.70. The Hall–Kier alpha value is -1.30. The van der Waals surface area contributed by atoms with Gasteiger partial charge in [0.1, 0.15) is 0 Å². The second kappa shape index (κ2) is 4.51. The van der Waals surface area contributed by atoms with Crippen molar-refractivity contribution in [3.8, 4) is 0 Å². The molecule has 1 amide bonds. The minimum Gasteiger partial charge on any atom is -0.479 e. The lowest BCUT2D eigenvalue weighted by atomic mass is 10.7. The molecule has 11 heavy (non-hydrogen) atoms. The molecule has 0 unspecified atom stereocenters. The number of amides is 1. The second-order valence-corrected chi connectivity index (χ2v) is 1.63. The van der Waals surface area contributed by atoms with Crippen LogP contribution < -0.4 is 0 Å². The summed E-state index contributed by atoms with van der Waals surface area (Å²) in [6.07, 6.45) is -0.838. The smallest absolute Gasteiger partial charge is 0.434 e. The first-order valence-electron chi connectivity index (χ1n) is 2.74. The highest BCUT2D eigenvalue weighted by Gasteiger charge is 2.10. The Kier molecular flexibility index (Phi) is 3.97. The van der Waals surface area contributed by atoms with Crippen molar-refractivity contribution >= 4 is 12.1 Å². The molecule has 0 saturated carbocycles. The van der Waals surface area contributed by atoms with Crippen molar-refractivity contribution in [2.24, 2.45) is 0 Å². The van der Waals surface area contributed by atoms with E-state index in [1.165, 1.54) is 14.2 Å². The Bertz CT molecular complexity index is 157. The lowest BCUT2D eigenvalue weighted by molar-refractivity contribution is -0.143. The number of ether oxygens (including phenoxy) is 1.